The fourth-order valence-corrected chi connectivity index (χ4v) is 4.11. The molecular formula is C20H21NOS2. The van der Waals surface area contributed by atoms with Gasteiger partial charge in [0.2, 0.25) is 5.91 Å². The van der Waals surface area contributed by atoms with Crippen LogP contribution in [0.4, 0.5) is 0 Å². The van der Waals surface area contributed by atoms with Gasteiger partial charge in [0.15, 0.2) is 0 Å². The normalized spacial score (nSPS) is 12.3. The van der Waals surface area contributed by atoms with Crippen molar-refractivity contribution in [2.45, 2.75) is 32.2 Å². The Morgan fingerprint density at radius 1 is 1.04 bits per heavy atom. The lowest BCUT2D eigenvalue weighted by Crippen LogP contribution is -2.30. The molecule has 0 aliphatic rings. The fraction of sp³-hybridized carbons (Fsp3) is 0.250. The van der Waals surface area contributed by atoms with Gasteiger partial charge in [-0.1, -0.05) is 44.2 Å². The van der Waals surface area contributed by atoms with E-state index in [2.05, 4.69) is 54.9 Å². The molecule has 1 aromatic carbocycles. The van der Waals surface area contributed by atoms with Crippen molar-refractivity contribution in [1.82, 2.24) is 5.32 Å². The summed E-state index contributed by atoms with van der Waals surface area (Å²) in [5, 5.41) is 9.28. The molecule has 3 aromatic rings. The zero-order chi connectivity index (χ0) is 16.9. The molecule has 0 bridgehead atoms. The number of carbonyl (C=O) groups excluding carboxylic acids is 1. The maximum Gasteiger partial charge on any atom is 0.225 e. The smallest absolute Gasteiger partial charge is 0.225 e. The van der Waals surface area contributed by atoms with Crippen LogP contribution >= 0.6 is 22.7 Å². The van der Waals surface area contributed by atoms with Gasteiger partial charge >= 0.3 is 0 Å². The molecule has 24 heavy (non-hydrogen) atoms. The zero-order valence-corrected chi connectivity index (χ0v) is 15.5. The highest BCUT2D eigenvalue weighted by Crippen LogP contribution is 2.27. The monoisotopic (exact) mass is 355 g/mol. The van der Waals surface area contributed by atoms with Crippen LogP contribution in [0.1, 0.15) is 47.4 Å². The Balaban J connectivity index is 1.80. The molecule has 124 valence electrons. The van der Waals surface area contributed by atoms with E-state index >= 15 is 0 Å². The minimum Gasteiger partial charge on any atom is -0.344 e. The van der Waals surface area contributed by atoms with E-state index in [1.807, 2.05) is 22.9 Å². The highest BCUT2D eigenvalue weighted by molar-refractivity contribution is 7.10. The van der Waals surface area contributed by atoms with Gasteiger partial charge in [-0.2, -0.15) is 11.3 Å². The second-order valence-corrected chi connectivity index (χ2v) is 7.90. The minimum absolute atomic E-state index is 0.0553. The molecule has 4 heteroatoms. The molecule has 1 atom stereocenters. The minimum atomic E-state index is -0.0858. The van der Waals surface area contributed by atoms with E-state index in [0.717, 1.165) is 16.0 Å². The Morgan fingerprint density at radius 2 is 1.79 bits per heavy atom. The van der Waals surface area contributed by atoms with Crippen molar-refractivity contribution in [3.63, 3.8) is 0 Å². The van der Waals surface area contributed by atoms with Crippen LogP contribution in [0.15, 0.2) is 58.6 Å². The third-order valence-electron chi connectivity index (χ3n) is 4.01. The standard InChI is InChI=1S/C20H21NOS2/c1-14(2)16-5-7-17(8-6-16)20(18-4-3-10-24-18)21-19(22)12-15-9-11-23-13-15/h3-11,13-14,20H,12H2,1-2H3,(H,21,22). The van der Waals surface area contributed by atoms with E-state index < -0.39 is 0 Å². The summed E-state index contributed by atoms with van der Waals surface area (Å²) >= 11 is 3.29. The zero-order valence-electron chi connectivity index (χ0n) is 13.9. The molecule has 1 amide bonds. The highest BCUT2D eigenvalue weighted by Gasteiger charge is 2.18. The summed E-state index contributed by atoms with van der Waals surface area (Å²) in [6.07, 6.45) is 0.426. The number of hydrogen-bond acceptors (Lipinski definition) is 3. The van der Waals surface area contributed by atoms with E-state index in [1.165, 1.54) is 5.56 Å². The third kappa shape index (κ3) is 4.13. The van der Waals surface area contributed by atoms with Crippen molar-refractivity contribution < 1.29 is 4.79 Å². The molecular weight excluding hydrogens is 334 g/mol. The molecule has 1 unspecified atom stereocenters. The summed E-state index contributed by atoms with van der Waals surface area (Å²) in [6, 6.07) is 14.6. The second-order valence-electron chi connectivity index (χ2n) is 6.15. The van der Waals surface area contributed by atoms with Crippen molar-refractivity contribution >= 4 is 28.6 Å². The second kappa shape index (κ2) is 7.77. The van der Waals surface area contributed by atoms with Gasteiger partial charge in [-0.25, -0.2) is 0 Å². The first-order valence-electron chi connectivity index (χ1n) is 8.07. The van der Waals surface area contributed by atoms with Gasteiger partial charge in [-0.15, -0.1) is 11.3 Å². The lowest BCUT2D eigenvalue weighted by atomic mass is 9.98. The molecule has 1 N–H and O–H groups in total. The summed E-state index contributed by atoms with van der Waals surface area (Å²) in [6.45, 7) is 4.38. The van der Waals surface area contributed by atoms with Crippen LogP contribution in [0.5, 0.6) is 0 Å². The van der Waals surface area contributed by atoms with E-state index in [1.54, 1.807) is 22.7 Å². The molecule has 0 radical (unpaired) electrons. The predicted octanol–water partition coefficient (Wildman–Crippen LogP) is 5.38. The summed E-state index contributed by atoms with van der Waals surface area (Å²) in [4.78, 5) is 13.6. The Kier molecular flexibility index (Phi) is 5.48. The summed E-state index contributed by atoms with van der Waals surface area (Å²) in [7, 11) is 0. The molecule has 0 aliphatic carbocycles. The Hall–Kier alpha value is -1.91. The molecule has 0 aliphatic heterocycles. The number of thiophene rings is 2. The van der Waals surface area contributed by atoms with Crippen molar-refractivity contribution in [3.8, 4) is 0 Å². The van der Waals surface area contributed by atoms with E-state index in [4.69, 9.17) is 0 Å². The largest absolute Gasteiger partial charge is 0.344 e. The topological polar surface area (TPSA) is 29.1 Å². The molecule has 0 fully saturated rings. The average molecular weight is 356 g/mol. The number of carbonyl (C=O) groups is 1. The van der Waals surface area contributed by atoms with Crippen LogP contribution in [0.25, 0.3) is 0 Å². The molecule has 0 saturated carbocycles. The lowest BCUT2D eigenvalue weighted by molar-refractivity contribution is -0.120. The van der Waals surface area contributed by atoms with Crippen molar-refractivity contribution in [3.05, 3.63) is 80.2 Å². The molecule has 2 aromatic heterocycles. The molecule has 2 heterocycles. The number of benzene rings is 1. The van der Waals surface area contributed by atoms with Crippen molar-refractivity contribution in [2.24, 2.45) is 0 Å². The Labute approximate surface area is 151 Å². The average Bonchev–Trinajstić information content (AvgIpc) is 3.26. The van der Waals surface area contributed by atoms with Crippen molar-refractivity contribution in [2.75, 3.05) is 0 Å². The van der Waals surface area contributed by atoms with E-state index in [0.29, 0.717) is 12.3 Å². The van der Waals surface area contributed by atoms with Crippen LogP contribution in [0, 0.1) is 0 Å². The molecule has 0 saturated heterocycles. The van der Waals surface area contributed by atoms with E-state index in [-0.39, 0.29) is 11.9 Å². The first-order valence-corrected chi connectivity index (χ1v) is 9.89. The van der Waals surface area contributed by atoms with Crippen LogP contribution in [0.2, 0.25) is 0 Å². The summed E-state index contributed by atoms with van der Waals surface area (Å²) in [5.74, 6) is 0.562. The van der Waals surface area contributed by atoms with Gasteiger partial charge in [0.1, 0.15) is 0 Å². The maximum absolute atomic E-state index is 12.5. The first kappa shape index (κ1) is 16.9. The SMILES string of the molecule is CC(C)c1ccc(C(NC(=O)Cc2ccsc2)c2cccs2)cc1. The summed E-state index contributed by atoms with van der Waals surface area (Å²) < 4.78 is 0. The summed E-state index contributed by atoms with van der Waals surface area (Å²) in [5.41, 5.74) is 3.51. The maximum atomic E-state index is 12.5. The van der Waals surface area contributed by atoms with Gasteiger partial charge in [-0.05, 0) is 50.9 Å². The van der Waals surface area contributed by atoms with Crippen LogP contribution in [0.3, 0.4) is 0 Å². The van der Waals surface area contributed by atoms with Gasteiger partial charge in [0.25, 0.3) is 0 Å². The van der Waals surface area contributed by atoms with Crippen LogP contribution < -0.4 is 5.32 Å². The van der Waals surface area contributed by atoms with E-state index in [9.17, 15) is 4.79 Å². The first-order chi connectivity index (χ1) is 11.6. The fourth-order valence-electron chi connectivity index (χ4n) is 2.64. The highest BCUT2D eigenvalue weighted by atomic mass is 32.1. The third-order valence-corrected chi connectivity index (χ3v) is 5.68. The Morgan fingerprint density at radius 3 is 2.38 bits per heavy atom. The number of rotatable bonds is 6. The number of amides is 1. The van der Waals surface area contributed by atoms with Gasteiger partial charge in [0, 0.05) is 4.88 Å². The molecule has 0 spiro atoms. The molecule has 2 nitrogen and oxygen atoms in total. The quantitative estimate of drug-likeness (QED) is 0.632. The van der Waals surface area contributed by atoms with Gasteiger partial charge in [0.05, 0.1) is 12.5 Å². The lowest BCUT2D eigenvalue weighted by Gasteiger charge is -2.19. The van der Waals surface area contributed by atoms with Crippen LogP contribution in [-0.4, -0.2) is 5.91 Å². The number of hydrogen-bond donors (Lipinski definition) is 1. The Bertz CT molecular complexity index is 759. The molecule has 3 rings (SSSR count). The van der Waals surface area contributed by atoms with Gasteiger partial charge in [-0.3, -0.25) is 4.79 Å². The predicted molar refractivity (Wildman–Crippen MR) is 103 cm³/mol. The van der Waals surface area contributed by atoms with Crippen LogP contribution in [-0.2, 0) is 11.2 Å². The van der Waals surface area contributed by atoms with Gasteiger partial charge < -0.3 is 5.32 Å². The van der Waals surface area contributed by atoms with Crippen molar-refractivity contribution in [1.29, 1.82) is 0 Å². The number of nitrogens with one attached hydrogen (secondary N) is 1.